The predicted octanol–water partition coefficient (Wildman–Crippen LogP) is -0.469. The average molecular weight is 175 g/mol. The second kappa shape index (κ2) is 3.74. The third-order valence-electron chi connectivity index (χ3n) is 2.11. The lowest BCUT2D eigenvalue weighted by atomic mass is 9.83. The molecule has 4 N–H and O–H groups in total. The first-order valence-electron chi connectivity index (χ1n) is 3.99. The van der Waals surface area contributed by atoms with Gasteiger partial charge in [-0.15, -0.1) is 0 Å². The Kier molecular flexibility index (Phi) is 3.71. The van der Waals surface area contributed by atoms with E-state index in [-0.39, 0.29) is 6.44 Å². The Labute approximate surface area is 73.9 Å². The Morgan fingerprint density at radius 2 is 1.75 bits per heavy atom. The maximum atomic E-state index is 9.61. The fourth-order valence-corrected chi connectivity index (χ4v) is 0.532. The van der Waals surface area contributed by atoms with Crippen molar-refractivity contribution in [3.05, 3.63) is 0 Å². The summed E-state index contributed by atoms with van der Waals surface area (Å²) in [5.41, 5.74) is 3.34. The van der Waals surface area contributed by atoms with Gasteiger partial charge in [0.15, 0.2) is 0 Å². The van der Waals surface area contributed by atoms with E-state index in [2.05, 4.69) is 0 Å². The SMILES string of the molecule is CC(C)(O)C(C)(C)OB(O)CN. The lowest BCUT2D eigenvalue weighted by Crippen LogP contribution is -2.51. The van der Waals surface area contributed by atoms with E-state index in [1.807, 2.05) is 0 Å². The van der Waals surface area contributed by atoms with Crippen LogP contribution in [0.1, 0.15) is 27.7 Å². The number of aliphatic hydroxyl groups is 1. The lowest BCUT2D eigenvalue weighted by Gasteiger charge is -2.38. The Morgan fingerprint density at radius 1 is 1.33 bits per heavy atom. The molecular formula is C7H18BNO3. The summed E-state index contributed by atoms with van der Waals surface area (Å²) in [4.78, 5) is 0. The highest BCUT2D eigenvalue weighted by Gasteiger charge is 2.38. The standard InChI is InChI=1S/C7H18BNO3/c1-6(2,10)7(3,4)12-8(11)5-9/h10-11H,5,9H2,1-4H3. The molecule has 0 fully saturated rings. The van der Waals surface area contributed by atoms with Gasteiger partial charge in [-0.1, -0.05) is 0 Å². The molecule has 0 radical (unpaired) electrons. The van der Waals surface area contributed by atoms with E-state index in [0.29, 0.717) is 0 Å². The molecule has 12 heavy (non-hydrogen) atoms. The number of rotatable bonds is 4. The van der Waals surface area contributed by atoms with Gasteiger partial charge in [0.2, 0.25) is 0 Å². The summed E-state index contributed by atoms with van der Waals surface area (Å²) in [5.74, 6) is 0. The maximum Gasteiger partial charge on any atom is 0.469 e. The van der Waals surface area contributed by atoms with Crippen LogP contribution in [0.5, 0.6) is 0 Å². The zero-order valence-electron chi connectivity index (χ0n) is 8.16. The molecule has 0 atom stereocenters. The molecule has 0 amide bonds. The number of nitrogens with two attached hydrogens (primary N) is 1. The van der Waals surface area contributed by atoms with Crippen LogP contribution in [0.2, 0.25) is 0 Å². The minimum atomic E-state index is -1.02. The van der Waals surface area contributed by atoms with Gasteiger partial charge in [-0.2, -0.15) is 0 Å². The molecule has 0 saturated carbocycles. The van der Waals surface area contributed by atoms with E-state index >= 15 is 0 Å². The first-order chi connectivity index (χ1) is 5.20. The highest BCUT2D eigenvalue weighted by atomic mass is 16.5. The molecule has 4 nitrogen and oxygen atoms in total. The van der Waals surface area contributed by atoms with Crippen molar-refractivity contribution in [3.8, 4) is 0 Å². The largest absolute Gasteiger partial charge is 0.469 e. The van der Waals surface area contributed by atoms with Gasteiger partial charge < -0.3 is 20.5 Å². The summed E-state index contributed by atoms with van der Waals surface area (Å²) in [5, 5.41) is 18.7. The zero-order valence-corrected chi connectivity index (χ0v) is 8.16. The van der Waals surface area contributed by atoms with Crippen molar-refractivity contribution >= 4 is 7.12 Å². The highest BCUT2D eigenvalue weighted by molar-refractivity contribution is 6.43. The topological polar surface area (TPSA) is 75.7 Å². The molecule has 0 aliphatic rings. The second-order valence-corrected chi connectivity index (χ2v) is 3.88. The molecule has 0 bridgehead atoms. The Bertz CT molecular complexity index is 144. The van der Waals surface area contributed by atoms with Crippen molar-refractivity contribution in [2.24, 2.45) is 5.73 Å². The van der Waals surface area contributed by atoms with Gasteiger partial charge in [0.1, 0.15) is 0 Å². The lowest BCUT2D eigenvalue weighted by molar-refractivity contribution is -0.0998. The average Bonchev–Trinajstić information content (AvgIpc) is 1.84. The van der Waals surface area contributed by atoms with Crippen LogP contribution in [0.4, 0.5) is 0 Å². The monoisotopic (exact) mass is 175 g/mol. The van der Waals surface area contributed by atoms with E-state index in [1.165, 1.54) is 0 Å². The van der Waals surface area contributed by atoms with Crippen molar-refractivity contribution in [2.45, 2.75) is 38.9 Å². The van der Waals surface area contributed by atoms with Crippen molar-refractivity contribution in [1.29, 1.82) is 0 Å². The van der Waals surface area contributed by atoms with Crippen LogP contribution in [0.25, 0.3) is 0 Å². The normalized spacial score (nSPS) is 13.2. The Hall–Kier alpha value is -0.0951. The highest BCUT2D eigenvalue weighted by Crippen LogP contribution is 2.24. The minimum absolute atomic E-state index is 0.0273. The summed E-state index contributed by atoms with van der Waals surface area (Å²) >= 11 is 0. The van der Waals surface area contributed by atoms with Crippen molar-refractivity contribution in [1.82, 2.24) is 0 Å². The maximum absolute atomic E-state index is 9.61. The number of hydrogen-bond acceptors (Lipinski definition) is 4. The van der Waals surface area contributed by atoms with Crippen LogP contribution < -0.4 is 5.73 Å². The molecule has 0 aliphatic heterocycles. The van der Waals surface area contributed by atoms with Crippen LogP contribution in [-0.4, -0.2) is 34.9 Å². The molecule has 0 aromatic heterocycles. The molecule has 0 heterocycles. The van der Waals surface area contributed by atoms with Crippen LogP contribution in [0, 0.1) is 0 Å². The van der Waals surface area contributed by atoms with Gasteiger partial charge in [0.25, 0.3) is 0 Å². The molecule has 5 heteroatoms. The first-order valence-corrected chi connectivity index (χ1v) is 3.99. The van der Waals surface area contributed by atoms with Crippen LogP contribution in [-0.2, 0) is 4.65 Å². The predicted molar refractivity (Wildman–Crippen MR) is 48.5 cm³/mol. The van der Waals surface area contributed by atoms with Gasteiger partial charge in [0, 0.05) is 6.44 Å². The third-order valence-corrected chi connectivity index (χ3v) is 2.11. The Balaban J connectivity index is 4.22. The summed E-state index contributed by atoms with van der Waals surface area (Å²) in [6.07, 6.45) is 0.0273. The van der Waals surface area contributed by atoms with E-state index in [9.17, 15) is 5.11 Å². The molecule has 72 valence electrons. The van der Waals surface area contributed by atoms with Crippen molar-refractivity contribution in [3.63, 3.8) is 0 Å². The van der Waals surface area contributed by atoms with Gasteiger partial charge >= 0.3 is 7.12 Å². The zero-order chi connectivity index (χ0) is 9.99. The molecular weight excluding hydrogens is 157 g/mol. The Morgan fingerprint density at radius 3 is 2.00 bits per heavy atom. The molecule has 0 aromatic carbocycles. The fourth-order valence-electron chi connectivity index (χ4n) is 0.532. The summed E-state index contributed by atoms with van der Waals surface area (Å²) in [6, 6.07) is 0. The van der Waals surface area contributed by atoms with Crippen molar-refractivity contribution < 1.29 is 14.8 Å². The van der Waals surface area contributed by atoms with Crippen LogP contribution >= 0.6 is 0 Å². The van der Waals surface area contributed by atoms with Gasteiger partial charge in [-0.3, -0.25) is 0 Å². The first kappa shape index (κ1) is 11.9. The van der Waals surface area contributed by atoms with Crippen LogP contribution in [0.3, 0.4) is 0 Å². The van der Waals surface area contributed by atoms with Gasteiger partial charge in [-0.05, 0) is 27.7 Å². The summed E-state index contributed by atoms with van der Waals surface area (Å²) < 4.78 is 5.13. The van der Waals surface area contributed by atoms with E-state index < -0.39 is 18.3 Å². The van der Waals surface area contributed by atoms with Crippen LogP contribution in [0.15, 0.2) is 0 Å². The minimum Gasteiger partial charge on any atom is -0.426 e. The van der Waals surface area contributed by atoms with E-state index in [0.717, 1.165) is 0 Å². The second-order valence-electron chi connectivity index (χ2n) is 3.88. The van der Waals surface area contributed by atoms with Gasteiger partial charge in [-0.25, -0.2) is 0 Å². The van der Waals surface area contributed by atoms with Gasteiger partial charge in [0.05, 0.1) is 11.2 Å². The van der Waals surface area contributed by atoms with E-state index in [1.54, 1.807) is 27.7 Å². The molecule has 0 aromatic rings. The smallest absolute Gasteiger partial charge is 0.426 e. The van der Waals surface area contributed by atoms with Crippen molar-refractivity contribution in [2.75, 3.05) is 6.44 Å². The molecule has 0 unspecified atom stereocenters. The molecule has 0 aliphatic carbocycles. The fraction of sp³-hybridized carbons (Fsp3) is 1.00. The molecule has 0 spiro atoms. The summed E-state index contributed by atoms with van der Waals surface area (Å²) in [6.45, 7) is 6.64. The third kappa shape index (κ3) is 3.10. The quantitative estimate of drug-likeness (QED) is 0.505. The van der Waals surface area contributed by atoms with E-state index in [4.69, 9.17) is 15.4 Å². The molecule has 0 rings (SSSR count). The molecule has 0 saturated heterocycles. The number of hydrogen-bond donors (Lipinski definition) is 3. The summed E-state index contributed by atoms with van der Waals surface area (Å²) in [7, 11) is -1.02.